The molecule has 2 aliphatic rings. The van der Waals surface area contributed by atoms with Crippen molar-refractivity contribution in [1.29, 1.82) is 0 Å². The van der Waals surface area contributed by atoms with Crippen LogP contribution in [-0.4, -0.2) is 50.5 Å². The summed E-state index contributed by atoms with van der Waals surface area (Å²) in [7, 11) is 1.76. The summed E-state index contributed by atoms with van der Waals surface area (Å²) < 4.78 is 10.6. The molecule has 3 atom stereocenters. The number of rotatable bonds is 4. The minimum absolute atomic E-state index is 0.547. The minimum atomic E-state index is 0.547. The van der Waals surface area contributed by atoms with Gasteiger partial charge in [-0.25, -0.2) is 0 Å². The molecule has 0 amide bonds. The van der Waals surface area contributed by atoms with Gasteiger partial charge in [0.15, 0.2) is 0 Å². The van der Waals surface area contributed by atoms with Crippen LogP contribution in [0.25, 0.3) is 0 Å². The standard InChI is InChI=1S/C10H19NO2/c1-8-6-11(4-3-5-12-2)7-9-10(8)13-9/h8-10H,3-7H2,1-2H3/t8-,9-,10-/m0/s1. The van der Waals surface area contributed by atoms with Gasteiger partial charge >= 0.3 is 0 Å². The van der Waals surface area contributed by atoms with Crippen molar-refractivity contribution in [3.05, 3.63) is 0 Å². The fraction of sp³-hybridized carbons (Fsp3) is 1.00. The van der Waals surface area contributed by atoms with Crippen LogP contribution in [0.2, 0.25) is 0 Å². The van der Waals surface area contributed by atoms with Gasteiger partial charge in [-0.05, 0) is 12.3 Å². The fourth-order valence-electron chi connectivity index (χ4n) is 2.26. The van der Waals surface area contributed by atoms with Gasteiger partial charge in [0.2, 0.25) is 0 Å². The van der Waals surface area contributed by atoms with E-state index in [1.54, 1.807) is 7.11 Å². The van der Waals surface area contributed by atoms with Gasteiger partial charge in [-0.15, -0.1) is 0 Å². The van der Waals surface area contributed by atoms with Crippen molar-refractivity contribution >= 4 is 0 Å². The number of hydrogen-bond donors (Lipinski definition) is 0. The zero-order valence-electron chi connectivity index (χ0n) is 8.53. The van der Waals surface area contributed by atoms with Crippen molar-refractivity contribution in [2.75, 3.05) is 33.4 Å². The summed E-state index contributed by atoms with van der Waals surface area (Å²) in [6.45, 7) is 6.65. The summed E-state index contributed by atoms with van der Waals surface area (Å²) in [5, 5.41) is 0. The number of ether oxygens (including phenoxy) is 2. The average molecular weight is 185 g/mol. The number of epoxide rings is 1. The maximum absolute atomic E-state index is 5.55. The molecule has 2 heterocycles. The van der Waals surface area contributed by atoms with Crippen LogP contribution in [0.1, 0.15) is 13.3 Å². The summed E-state index contributed by atoms with van der Waals surface area (Å²) in [6.07, 6.45) is 2.27. The highest BCUT2D eigenvalue weighted by atomic mass is 16.6. The van der Waals surface area contributed by atoms with Gasteiger partial charge in [-0.3, -0.25) is 0 Å². The Kier molecular flexibility index (Phi) is 2.86. The molecule has 0 radical (unpaired) electrons. The molecule has 0 bridgehead atoms. The van der Waals surface area contributed by atoms with Crippen molar-refractivity contribution in [3.63, 3.8) is 0 Å². The number of methoxy groups -OCH3 is 1. The van der Waals surface area contributed by atoms with Crippen LogP contribution in [0.4, 0.5) is 0 Å². The molecule has 2 aliphatic heterocycles. The number of hydrogen-bond acceptors (Lipinski definition) is 3. The number of likely N-dealkylation sites (tertiary alicyclic amines) is 1. The maximum atomic E-state index is 5.55. The molecule has 2 fully saturated rings. The average Bonchev–Trinajstić information content (AvgIpc) is 2.84. The smallest absolute Gasteiger partial charge is 0.0971 e. The molecule has 76 valence electrons. The Labute approximate surface area is 80.0 Å². The van der Waals surface area contributed by atoms with E-state index in [9.17, 15) is 0 Å². The predicted octanol–water partition coefficient (Wildman–Crippen LogP) is 0.742. The molecule has 0 N–H and O–H groups in total. The van der Waals surface area contributed by atoms with Gasteiger partial charge in [0.25, 0.3) is 0 Å². The van der Waals surface area contributed by atoms with E-state index < -0.39 is 0 Å². The lowest BCUT2D eigenvalue weighted by atomic mass is 10.0. The molecule has 0 aromatic heterocycles. The van der Waals surface area contributed by atoms with Crippen LogP contribution in [0.5, 0.6) is 0 Å². The Bertz CT molecular complexity index is 174. The Hall–Kier alpha value is -0.120. The summed E-state index contributed by atoms with van der Waals surface area (Å²) in [5.41, 5.74) is 0. The fourth-order valence-corrected chi connectivity index (χ4v) is 2.26. The Morgan fingerprint density at radius 1 is 1.46 bits per heavy atom. The minimum Gasteiger partial charge on any atom is -0.385 e. The number of nitrogens with zero attached hydrogens (tertiary/aromatic N) is 1. The molecule has 13 heavy (non-hydrogen) atoms. The highest BCUT2D eigenvalue weighted by Gasteiger charge is 2.47. The second-order valence-corrected chi connectivity index (χ2v) is 4.22. The van der Waals surface area contributed by atoms with Crippen molar-refractivity contribution < 1.29 is 9.47 Å². The first-order valence-electron chi connectivity index (χ1n) is 5.18. The Morgan fingerprint density at radius 3 is 3.00 bits per heavy atom. The van der Waals surface area contributed by atoms with Crippen LogP contribution >= 0.6 is 0 Å². The normalized spacial score (nSPS) is 38.8. The van der Waals surface area contributed by atoms with Crippen molar-refractivity contribution in [1.82, 2.24) is 4.90 Å². The third kappa shape index (κ3) is 2.22. The van der Waals surface area contributed by atoms with E-state index in [4.69, 9.17) is 9.47 Å². The zero-order chi connectivity index (χ0) is 9.26. The summed E-state index contributed by atoms with van der Waals surface area (Å²) in [4.78, 5) is 2.50. The molecule has 2 rings (SSSR count). The first kappa shape index (κ1) is 9.44. The highest BCUT2D eigenvalue weighted by Crippen LogP contribution is 2.34. The van der Waals surface area contributed by atoms with Gasteiger partial charge in [-0.2, -0.15) is 0 Å². The first-order valence-corrected chi connectivity index (χ1v) is 5.18. The molecule has 0 aromatic rings. The molecule has 3 heteroatoms. The predicted molar refractivity (Wildman–Crippen MR) is 50.8 cm³/mol. The van der Waals surface area contributed by atoms with E-state index in [0.29, 0.717) is 12.2 Å². The molecule has 0 aliphatic carbocycles. The number of fused-ring (bicyclic) bond motifs is 1. The molecular weight excluding hydrogens is 166 g/mol. The lowest BCUT2D eigenvalue weighted by Crippen LogP contribution is -2.40. The van der Waals surface area contributed by atoms with Crippen LogP contribution < -0.4 is 0 Å². The van der Waals surface area contributed by atoms with E-state index in [1.807, 2.05) is 0 Å². The maximum Gasteiger partial charge on any atom is 0.0971 e. The van der Waals surface area contributed by atoms with Crippen LogP contribution in [0.3, 0.4) is 0 Å². The van der Waals surface area contributed by atoms with E-state index in [1.165, 1.54) is 6.54 Å². The largest absolute Gasteiger partial charge is 0.385 e. The van der Waals surface area contributed by atoms with Gasteiger partial charge in [0, 0.05) is 33.4 Å². The van der Waals surface area contributed by atoms with Gasteiger partial charge in [0.05, 0.1) is 12.2 Å². The number of piperidine rings is 1. The summed E-state index contributed by atoms with van der Waals surface area (Å²) in [6, 6.07) is 0. The molecule has 0 saturated carbocycles. The third-order valence-electron chi connectivity index (χ3n) is 2.99. The van der Waals surface area contributed by atoms with Crippen LogP contribution in [0.15, 0.2) is 0 Å². The van der Waals surface area contributed by atoms with Crippen molar-refractivity contribution in [2.45, 2.75) is 25.6 Å². The molecule has 2 saturated heterocycles. The molecule has 3 nitrogen and oxygen atoms in total. The molecule has 0 spiro atoms. The quantitative estimate of drug-likeness (QED) is 0.477. The van der Waals surface area contributed by atoms with Crippen molar-refractivity contribution in [2.24, 2.45) is 5.92 Å². The third-order valence-corrected chi connectivity index (χ3v) is 2.99. The van der Waals surface area contributed by atoms with Gasteiger partial charge in [0.1, 0.15) is 0 Å². The summed E-state index contributed by atoms with van der Waals surface area (Å²) in [5.74, 6) is 0.723. The lowest BCUT2D eigenvalue weighted by Gasteiger charge is -2.27. The summed E-state index contributed by atoms with van der Waals surface area (Å²) >= 11 is 0. The van der Waals surface area contributed by atoms with E-state index in [0.717, 1.165) is 32.0 Å². The second kappa shape index (κ2) is 3.95. The SMILES string of the molecule is COCCCN1C[C@@H]2O[C@H]2[C@@H](C)C1. The molecule has 0 aromatic carbocycles. The van der Waals surface area contributed by atoms with Crippen LogP contribution in [0, 0.1) is 5.92 Å². The topological polar surface area (TPSA) is 25.0 Å². The van der Waals surface area contributed by atoms with Gasteiger partial charge in [-0.1, -0.05) is 6.92 Å². The van der Waals surface area contributed by atoms with Gasteiger partial charge < -0.3 is 14.4 Å². The first-order chi connectivity index (χ1) is 6.31. The lowest BCUT2D eigenvalue weighted by molar-refractivity contribution is 0.156. The zero-order valence-corrected chi connectivity index (χ0v) is 8.53. The highest BCUT2D eigenvalue weighted by molar-refractivity contribution is 4.96. The monoisotopic (exact) mass is 185 g/mol. The van der Waals surface area contributed by atoms with E-state index in [2.05, 4.69) is 11.8 Å². The Morgan fingerprint density at radius 2 is 2.31 bits per heavy atom. The van der Waals surface area contributed by atoms with E-state index in [-0.39, 0.29) is 0 Å². The van der Waals surface area contributed by atoms with E-state index >= 15 is 0 Å². The molecule has 0 unspecified atom stereocenters. The molecular formula is C10H19NO2. The second-order valence-electron chi connectivity index (χ2n) is 4.22. The van der Waals surface area contributed by atoms with Crippen molar-refractivity contribution in [3.8, 4) is 0 Å². The van der Waals surface area contributed by atoms with Crippen LogP contribution in [-0.2, 0) is 9.47 Å². The Balaban J connectivity index is 1.68.